The Kier molecular flexibility index (Phi) is 10.1. The Bertz CT molecular complexity index is 1030. The molecule has 0 saturated heterocycles. The van der Waals surface area contributed by atoms with E-state index in [9.17, 15) is 0 Å². The van der Waals surface area contributed by atoms with Gasteiger partial charge < -0.3 is 4.74 Å². The Labute approximate surface area is 253 Å². The molecule has 0 N–H and O–H groups in total. The van der Waals surface area contributed by atoms with E-state index in [4.69, 9.17) is 9.72 Å². The first-order chi connectivity index (χ1) is 19.7. The summed E-state index contributed by atoms with van der Waals surface area (Å²) >= 11 is 0. The second-order valence-electron chi connectivity index (χ2n) is 16.0. The Morgan fingerprint density at radius 1 is 0.951 bits per heavy atom. The summed E-state index contributed by atoms with van der Waals surface area (Å²) in [4.78, 5) is 4.80. The molecule has 3 saturated carbocycles. The Balaban J connectivity index is 1.14. The zero-order chi connectivity index (χ0) is 29.2. The summed E-state index contributed by atoms with van der Waals surface area (Å²) in [5, 5.41) is 0. The first kappa shape index (κ1) is 31.3. The number of rotatable bonds is 12. The van der Waals surface area contributed by atoms with Gasteiger partial charge in [0, 0.05) is 23.9 Å². The van der Waals surface area contributed by atoms with Crippen molar-refractivity contribution in [2.24, 2.45) is 46.3 Å². The summed E-state index contributed by atoms with van der Waals surface area (Å²) in [7, 11) is 0. The van der Waals surface area contributed by atoms with Crippen molar-refractivity contribution in [2.75, 3.05) is 6.61 Å². The minimum atomic E-state index is 0.426. The van der Waals surface area contributed by atoms with Crippen molar-refractivity contribution >= 4 is 0 Å². The minimum Gasteiger partial charge on any atom is -0.378 e. The number of ether oxygens (including phenoxy) is 1. The van der Waals surface area contributed by atoms with Crippen LogP contribution in [0.5, 0.6) is 0 Å². The van der Waals surface area contributed by atoms with Crippen LogP contribution >= 0.6 is 0 Å². The highest BCUT2D eigenvalue weighted by Crippen LogP contribution is 2.67. The molecular weight excluding hydrogens is 498 g/mol. The molecule has 0 amide bonds. The number of hydrogen-bond donors (Lipinski definition) is 0. The minimum absolute atomic E-state index is 0.426. The first-order valence-electron chi connectivity index (χ1n) is 17.9. The first-order valence-corrected chi connectivity index (χ1v) is 17.9. The standard InChI is InChI=1S/C39H63NO/c1-8-30(37-16-10-14-29(5)40-37)15-11-25-41-32-21-23-38(6)31(26-32)17-18-33-35-20-19-34(28(4)13-9-12-27(2)3)39(35,7)24-22-36(33)38/h10,14,16-17,27-28,30,32-36H,8-9,11-13,15,18-26H2,1-7H3/t28-,30?,32+,33+,34-,35+,36+,38+,39-/m1/s1. The van der Waals surface area contributed by atoms with Crippen LogP contribution in [-0.2, 0) is 4.74 Å². The Morgan fingerprint density at radius 3 is 2.54 bits per heavy atom. The van der Waals surface area contributed by atoms with E-state index in [1.54, 1.807) is 5.57 Å². The van der Waals surface area contributed by atoms with Gasteiger partial charge in [0.1, 0.15) is 0 Å². The molecule has 41 heavy (non-hydrogen) atoms. The number of allylic oxidation sites excluding steroid dienone is 1. The van der Waals surface area contributed by atoms with Gasteiger partial charge in [0.2, 0.25) is 0 Å². The maximum atomic E-state index is 6.58. The lowest BCUT2D eigenvalue weighted by molar-refractivity contribution is -0.0641. The average Bonchev–Trinajstić information content (AvgIpc) is 3.30. The molecule has 2 nitrogen and oxygen atoms in total. The zero-order valence-electron chi connectivity index (χ0n) is 27.9. The van der Waals surface area contributed by atoms with Crippen molar-refractivity contribution < 1.29 is 4.74 Å². The zero-order valence-corrected chi connectivity index (χ0v) is 27.9. The predicted octanol–water partition coefficient (Wildman–Crippen LogP) is 11.1. The molecule has 9 atom stereocenters. The van der Waals surface area contributed by atoms with Crippen molar-refractivity contribution in [3.63, 3.8) is 0 Å². The molecule has 1 heterocycles. The molecule has 2 heteroatoms. The summed E-state index contributed by atoms with van der Waals surface area (Å²) in [5.74, 6) is 6.05. The maximum Gasteiger partial charge on any atom is 0.0612 e. The third kappa shape index (κ3) is 6.53. The lowest BCUT2D eigenvalue weighted by Gasteiger charge is -2.58. The monoisotopic (exact) mass is 561 g/mol. The van der Waals surface area contributed by atoms with Gasteiger partial charge in [-0.05, 0) is 136 Å². The lowest BCUT2D eigenvalue weighted by atomic mass is 9.47. The molecule has 4 aliphatic carbocycles. The van der Waals surface area contributed by atoms with Gasteiger partial charge in [0.25, 0.3) is 0 Å². The summed E-state index contributed by atoms with van der Waals surface area (Å²) in [6, 6.07) is 6.47. The van der Waals surface area contributed by atoms with Crippen LogP contribution in [0, 0.1) is 53.3 Å². The molecule has 0 aliphatic heterocycles. The van der Waals surface area contributed by atoms with E-state index < -0.39 is 0 Å². The van der Waals surface area contributed by atoms with Gasteiger partial charge in [-0.25, -0.2) is 0 Å². The van der Waals surface area contributed by atoms with E-state index in [0.717, 1.165) is 60.6 Å². The molecule has 3 fully saturated rings. The number of fused-ring (bicyclic) bond motifs is 5. The van der Waals surface area contributed by atoms with Crippen LogP contribution in [0.15, 0.2) is 29.8 Å². The molecule has 230 valence electrons. The third-order valence-corrected chi connectivity index (χ3v) is 13.1. The highest BCUT2D eigenvalue weighted by atomic mass is 16.5. The predicted molar refractivity (Wildman–Crippen MR) is 174 cm³/mol. The van der Waals surface area contributed by atoms with Gasteiger partial charge in [0.15, 0.2) is 0 Å². The van der Waals surface area contributed by atoms with Gasteiger partial charge in [-0.3, -0.25) is 4.98 Å². The summed E-state index contributed by atoms with van der Waals surface area (Å²) in [6.07, 6.45) is 22.0. The van der Waals surface area contributed by atoms with Gasteiger partial charge in [-0.2, -0.15) is 0 Å². The van der Waals surface area contributed by atoms with E-state index >= 15 is 0 Å². The fourth-order valence-electron chi connectivity index (χ4n) is 10.7. The molecular formula is C39H63NO. The largest absolute Gasteiger partial charge is 0.378 e. The van der Waals surface area contributed by atoms with Crippen LogP contribution in [0.4, 0.5) is 0 Å². The summed E-state index contributed by atoms with van der Waals surface area (Å²) in [6.45, 7) is 18.1. The molecule has 0 aromatic carbocycles. The van der Waals surface area contributed by atoms with Crippen LogP contribution in [-0.4, -0.2) is 17.7 Å². The molecule has 4 aliphatic rings. The SMILES string of the molecule is CCC(CCCO[C@H]1CC[C@@]2(C)C(=CC[C@H]3[C@@H]4CC[C@H]([C@H](C)CCCC(C)C)[C@@]4(C)CC[C@@H]32)C1)c1cccc(C)n1. The molecule has 0 spiro atoms. The topological polar surface area (TPSA) is 22.1 Å². The molecule has 0 bridgehead atoms. The normalized spacial score (nSPS) is 36.3. The summed E-state index contributed by atoms with van der Waals surface area (Å²) in [5.41, 5.74) is 5.18. The quantitative estimate of drug-likeness (QED) is 0.187. The lowest BCUT2D eigenvalue weighted by Crippen LogP contribution is -2.51. The average molecular weight is 562 g/mol. The second-order valence-corrected chi connectivity index (χ2v) is 16.0. The van der Waals surface area contributed by atoms with Crippen molar-refractivity contribution in [2.45, 2.75) is 150 Å². The van der Waals surface area contributed by atoms with E-state index in [-0.39, 0.29) is 0 Å². The van der Waals surface area contributed by atoms with Gasteiger partial charge in [-0.1, -0.05) is 78.5 Å². The highest BCUT2D eigenvalue weighted by Gasteiger charge is 2.59. The summed E-state index contributed by atoms with van der Waals surface area (Å²) < 4.78 is 6.58. The van der Waals surface area contributed by atoms with Gasteiger partial charge in [0.05, 0.1) is 6.10 Å². The van der Waals surface area contributed by atoms with E-state index in [1.807, 2.05) is 0 Å². The van der Waals surface area contributed by atoms with Crippen molar-refractivity contribution in [1.82, 2.24) is 4.98 Å². The van der Waals surface area contributed by atoms with Crippen molar-refractivity contribution in [1.29, 1.82) is 0 Å². The van der Waals surface area contributed by atoms with E-state index in [2.05, 4.69) is 72.7 Å². The van der Waals surface area contributed by atoms with Gasteiger partial charge >= 0.3 is 0 Å². The van der Waals surface area contributed by atoms with E-state index in [0.29, 0.717) is 22.9 Å². The van der Waals surface area contributed by atoms with Crippen LogP contribution in [0.2, 0.25) is 0 Å². The Hall–Kier alpha value is -1.15. The Morgan fingerprint density at radius 2 is 1.78 bits per heavy atom. The van der Waals surface area contributed by atoms with Crippen LogP contribution < -0.4 is 0 Å². The fourth-order valence-corrected chi connectivity index (χ4v) is 10.7. The third-order valence-electron chi connectivity index (χ3n) is 13.1. The van der Waals surface area contributed by atoms with Crippen molar-refractivity contribution in [3.05, 3.63) is 41.2 Å². The number of pyridine rings is 1. The molecule has 1 unspecified atom stereocenters. The molecule has 5 rings (SSSR count). The maximum absolute atomic E-state index is 6.58. The van der Waals surface area contributed by atoms with Gasteiger partial charge in [-0.15, -0.1) is 0 Å². The fraction of sp³-hybridized carbons (Fsp3) is 0.821. The van der Waals surface area contributed by atoms with E-state index in [1.165, 1.54) is 82.7 Å². The molecule has 0 radical (unpaired) electrons. The number of aromatic nitrogens is 1. The highest BCUT2D eigenvalue weighted by molar-refractivity contribution is 5.25. The van der Waals surface area contributed by atoms with Crippen LogP contribution in [0.3, 0.4) is 0 Å². The number of hydrogen-bond acceptors (Lipinski definition) is 2. The smallest absolute Gasteiger partial charge is 0.0612 e. The number of nitrogens with zero attached hydrogens (tertiary/aromatic N) is 1. The molecule has 1 aromatic heterocycles. The second kappa shape index (κ2) is 13.2. The molecule has 1 aromatic rings. The van der Waals surface area contributed by atoms with Crippen LogP contribution in [0.1, 0.15) is 149 Å². The van der Waals surface area contributed by atoms with Crippen LogP contribution in [0.25, 0.3) is 0 Å². The van der Waals surface area contributed by atoms with Crippen molar-refractivity contribution in [3.8, 4) is 0 Å². The number of aryl methyl sites for hydroxylation is 1.